The van der Waals surface area contributed by atoms with E-state index in [-0.39, 0.29) is 5.91 Å². The average molecular weight is 309 g/mol. The Bertz CT molecular complexity index is 454. The Labute approximate surface area is 132 Å². The molecular weight excluding hydrogens is 284 g/mol. The second-order valence-corrected chi connectivity index (χ2v) is 6.53. The molecule has 0 bridgehead atoms. The summed E-state index contributed by atoms with van der Waals surface area (Å²) in [4.78, 5) is 14.5. The van der Waals surface area contributed by atoms with Gasteiger partial charge in [-0.15, -0.1) is 0 Å². The molecule has 1 saturated carbocycles. The molecule has 0 spiro atoms. The highest BCUT2D eigenvalue weighted by atomic mass is 35.5. The van der Waals surface area contributed by atoms with E-state index in [0.717, 1.165) is 36.4 Å². The molecule has 1 N–H and O–H groups in total. The van der Waals surface area contributed by atoms with Crippen LogP contribution in [0.1, 0.15) is 45.1 Å². The monoisotopic (exact) mass is 308 g/mol. The highest BCUT2D eigenvalue weighted by molar-refractivity contribution is 6.30. The molecule has 0 unspecified atom stereocenters. The van der Waals surface area contributed by atoms with Gasteiger partial charge in [0.1, 0.15) is 0 Å². The lowest BCUT2D eigenvalue weighted by atomic mass is 10.2. The summed E-state index contributed by atoms with van der Waals surface area (Å²) in [6.45, 7) is 5.86. The predicted molar refractivity (Wildman–Crippen MR) is 87.4 cm³/mol. The first-order valence-electron chi connectivity index (χ1n) is 7.83. The number of nitrogens with one attached hydrogen (secondary N) is 1. The third-order valence-corrected chi connectivity index (χ3v) is 3.95. The van der Waals surface area contributed by atoms with Gasteiger partial charge in [-0.1, -0.05) is 37.6 Å². The van der Waals surface area contributed by atoms with Crippen molar-refractivity contribution in [1.82, 2.24) is 10.2 Å². The van der Waals surface area contributed by atoms with Crippen LogP contribution in [0.25, 0.3) is 0 Å². The third kappa shape index (κ3) is 5.68. The predicted octanol–water partition coefficient (Wildman–Crippen LogP) is 3.61. The molecule has 1 aromatic rings. The van der Waals surface area contributed by atoms with Gasteiger partial charge in [0, 0.05) is 30.1 Å². The van der Waals surface area contributed by atoms with E-state index in [1.54, 1.807) is 0 Å². The Balaban J connectivity index is 1.83. The van der Waals surface area contributed by atoms with Crippen molar-refractivity contribution in [3.05, 3.63) is 34.9 Å². The molecule has 0 atom stereocenters. The number of carbonyl (C=O) groups excluding carboxylic acids is 1. The zero-order chi connectivity index (χ0) is 15.2. The Kier molecular flexibility index (Phi) is 6.07. The van der Waals surface area contributed by atoms with E-state index >= 15 is 0 Å². The molecular formula is C17H25ClN2O. The van der Waals surface area contributed by atoms with E-state index < -0.39 is 0 Å². The summed E-state index contributed by atoms with van der Waals surface area (Å²) in [6, 6.07) is 8.72. The van der Waals surface area contributed by atoms with Crippen molar-refractivity contribution >= 4 is 17.5 Å². The van der Waals surface area contributed by atoms with Crippen molar-refractivity contribution in [2.45, 2.75) is 58.2 Å². The van der Waals surface area contributed by atoms with E-state index in [2.05, 4.69) is 19.2 Å². The van der Waals surface area contributed by atoms with Gasteiger partial charge in [0.15, 0.2) is 0 Å². The van der Waals surface area contributed by atoms with Crippen molar-refractivity contribution in [2.24, 2.45) is 0 Å². The van der Waals surface area contributed by atoms with Crippen LogP contribution in [0.2, 0.25) is 5.02 Å². The molecule has 21 heavy (non-hydrogen) atoms. The molecule has 1 aliphatic carbocycles. The molecule has 1 amide bonds. The fraction of sp³-hybridized carbons (Fsp3) is 0.588. The van der Waals surface area contributed by atoms with Crippen LogP contribution in [-0.4, -0.2) is 29.4 Å². The summed E-state index contributed by atoms with van der Waals surface area (Å²) < 4.78 is 0. The molecule has 2 rings (SSSR count). The largest absolute Gasteiger partial charge is 0.335 e. The highest BCUT2D eigenvalue weighted by Crippen LogP contribution is 2.29. The van der Waals surface area contributed by atoms with Gasteiger partial charge in [-0.05, 0) is 43.5 Å². The number of halogens is 1. The summed E-state index contributed by atoms with van der Waals surface area (Å²) in [5, 5.41) is 4.09. The second kappa shape index (κ2) is 7.81. The van der Waals surface area contributed by atoms with Crippen molar-refractivity contribution in [3.8, 4) is 0 Å². The van der Waals surface area contributed by atoms with Gasteiger partial charge in [0.25, 0.3) is 0 Å². The van der Waals surface area contributed by atoms with Crippen LogP contribution < -0.4 is 5.32 Å². The standard InChI is InChI=1S/C17H25ClN2O/c1-13(2)19-11-3-4-17(21)20(16-9-10-16)12-14-5-7-15(18)8-6-14/h5-8,13,16,19H,3-4,9-12H2,1-2H3. The summed E-state index contributed by atoms with van der Waals surface area (Å²) in [5.41, 5.74) is 1.15. The second-order valence-electron chi connectivity index (χ2n) is 6.09. The fourth-order valence-electron chi connectivity index (χ4n) is 2.37. The van der Waals surface area contributed by atoms with E-state index in [1.165, 1.54) is 0 Å². The van der Waals surface area contributed by atoms with Crippen LogP contribution in [0.4, 0.5) is 0 Å². The normalized spacial score (nSPS) is 14.5. The van der Waals surface area contributed by atoms with E-state index in [4.69, 9.17) is 11.6 Å². The number of benzene rings is 1. The minimum atomic E-state index is 0.276. The number of nitrogens with zero attached hydrogens (tertiary/aromatic N) is 1. The van der Waals surface area contributed by atoms with Crippen molar-refractivity contribution in [2.75, 3.05) is 6.54 Å². The number of amides is 1. The molecule has 0 aromatic heterocycles. The van der Waals surface area contributed by atoms with Crippen molar-refractivity contribution < 1.29 is 4.79 Å². The van der Waals surface area contributed by atoms with Crippen LogP contribution in [0, 0.1) is 0 Å². The van der Waals surface area contributed by atoms with Crippen LogP contribution in [0.15, 0.2) is 24.3 Å². The summed E-state index contributed by atoms with van der Waals surface area (Å²) in [7, 11) is 0. The molecule has 1 aliphatic rings. The molecule has 0 saturated heterocycles. The minimum Gasteiger partial charge on any atom is -0.335 e. The van der Waals surface area contributed by atoms with Gasteiger partial charge in [-0.3, -0.25) is 4.79 Å². The Morgan fingerprint density at radius 1 is 1.33 bits per heavy atom. The fourth-order valence-corrected chi connectivity index (χ4v) is 2.49. The minimum absolute atomic E-state index is 0.276. The molecule has 4 heteroatoms. The highest BCUT2D eigenvalue weighted by Gasteiger charge is 2.32. The maximum atomic E-state index is 12.4. The molecule has 3 nitrogen and oxygen atoms in total. The third-order valence-electron chi connectivity index (χ3n) is 3.69. The lowest BCUT2D eigenvalue weighted by molar-refractivity contribution is -0.132. The zero-order valence-corrected chi connectivity index (χ0v) is 13.7. The smallest absolute Gasteiger partial charge is 0.223 e. The van der Waals surface area contributed by atoms with Crippen LogP contribution in [0.5, 0.6) is 0 Å². The molecule has 0 aliphatic heterocycles. The van der Waals surface area contributed by atoms with Crippen molar-refractivity contribution in [1.29, 1.82) is 0 Å². The molecule has 1 aromatic carbocycles. The number of rotatable bonds is 8. The maximum Gasteiger partial charge on any atom is 0.223 e. The molecule has 1 fully saturated rings. The van der Waals surface area contributed by atoms with Crippen molar-refractivity contribution in [3.63, 3.8) is 0 Å². The van der Waals surface area contributed by atoms with Gasteiger partial charge in [-0.2, -0.15) is 0 Å². The lowest BCUT2D eigenvalue weighted by Gasteiger charge is -2.23. The van der Waals surface area contributed by atoms with Crippen LogP contribution in [0.3, 0.4) is 0 Å². The average Bonchev–Trinajstić information content (AvgIpc) is 3.27. The van der Waals surface area contributed by atoms with Crippen LogP contribution in [-0.2, 0) is 11.3 Å². The number of carbonyl (C=O) groups is 1. The zero-order valence-electron chi connectivity index (χ0n) is 12.9. The summed E-state index contributed by atoms with van der Waals surface area (Å²) in [5.74, 6) is 0.276. The Morgan fingerprint density at radius 3 is 2.57 bits per heavy atom. The first-order chi connectivity index (χ1) is 10.1. The van der Waals surface area contributed by atoms with Gasteiger partial charge in [0.05, 0.1) is 0 Å². The van der Waals surface area contributed by atoms with E-state index in [0.29, 0.717) is 25.0 Å². The number of hydrogen-bond acceptors (Lipinski definition) is 2. The Morgan fingerprint density at radius 2 is 2.00 bits per heavy atom. The quantitative estimate of drug-likeness (QED) is 0.744. The van der Waals surface area contributed by atoms with E-state index in [9.17, 15) is 4.79 Å². The van der Waals surface area contributed by atoms with Gasteiger partial charge < -0.3 is 10.2 Å². The number of hydrogen-bond donors (Lipinski definition) is 1. The first-order valence-corrected chi connectivity index (χ1v) is 8.21. The summed E-state index contributed by atoms with van der Waals surface area (Å²) in [6.07, 6.45) is 3.82. The van der Waals surface area contributed by atoms with Gasteiger partial charge in [-0.25, -0.2) is 0 Å². The molecule has 0 radical (unpaired) electrons. The van der Waals surface area contributed by atoms with Gasteiger partial charge >= 0.3 is 0 Å². The Hall–Kier alpha value is -1.06. The first kappa shape index (κ1) is 16.3. The molecule has 0 heterocycles. The lowest BCUT2D eigenvalue weighted by Crippen LogP contribution is -2.33. The molecule has 116 valence electrons. The SMILES string of the molecule is CC(C)NCCCC(=O)N(Cc1ccc(Cl)cc1)C1CC1. The maximum absolute atomic E-state index is 12.4. The topological polar surface area (TPSA) is 32.3 Å². The summed E-state index contributed by atoms with van der Waals surface area (Å²) >= 11 is 5.91. The van der Waals surface area contributed by atoms with Gasteiger partial charge in [0.2, 0.25) is 5.91 Å². The van der Waals surface area contributed by atoms with E-state index in [1.807, 2.05) is 29.2 Å². The van der Waals surface area contributed by atoms with Crippen LogP contribution >= 0.6 is 11.6 Å².